The Morgan fingerprint density at radius 2 is 1.35 bits per heavy atom. The molecule has 2 saturated heterocycles. The SMILES string of the molecule is C=C(C)C1(N2CCN(C)CC2)CCN(C)CC1. The molecule has 2 aliphatic rings. The molecule has 2 aliphatic heterocycles. The Balaban J connectivity index is 2.09. The van der Waals surface area contributed by atoms with Gasteiger partial charge < -0.3 is 9.80 Å². The standard InChI is InChI=1S/C14H27N3/c1-13(2)14(5-7-15(3)8-6-14)17-11-9-16(4)10-12-17/h1,5-12H2,2-4H3. The Labute approximate surface area is 106 Å². The van der Waals surface area contributed by atoms with Crippen molar-refractivity contribution in [1.82, 2.24) is 14.7 Å². The highest BCUT2D eigenvalue weighted by Crippen LogP contribution is 2.35. The molecular weight excluding hydrogens is 210 g/mol. The first-order chi connectivity index (χ1) is 8.04. The zero-order valence-electron chi connectivity index (χ0n) is 11.7. The third-order valence-corrected chi connectivity index (χ3v) is 4.72. The summed E-state index contributed by atoms with van der Waals surface area (Å²) in [5.41, 5.74) is 1.66. The number of likely N-dealkylation sites (N-methyl/N-ethyl adjacent to an activating group) is 1. The highest BCUT2D eigenvalue weighted by atomic mass is 15.3. The topological polar surface area (TPSA) is 9.72 Å². The summed E-state index contributed by atoms with van der Waals surface area (Å²) in [7, 11) is 4.45. The van der Waals surface area contributed by atoms with Gasteiger partial charge in [-0.2, -0.15) is 0 Å². The molecule has 0 amide bonds. The Morgan fingerprint density at radius 3 is 1.82 bits per heavy atom. The molecule has 2 rings (SSSR count). The molecule has 0 spiro atoms. The molecule has 98 valence electrons. The molecule has 0 aromatic heterocycles. The summed E-state index contributed by atoms with van der Waals surface area (Å²) in [4.78, 5) is 7.57. The highest BCUT2D eigenvalue weighted by molar-refractivity contribution is 5.17. The van der Waals surface area contributed by atoms with Crippen molar-refractivity contribution in [3.63, 3.8) is 0 Å². The molecule has 0 N–H and O–H groups in total. The summed E-state index contributed by atoms with van der Waals surface area (Å²) in [6.45, 7) is 13.7. The van der Waals surface area contributed by atoms with Crippen LogP contribution in [0.5, 0.6) is 0 Å². The van der Waals surface area contributed by atoms with Gasteiger partial charge in [0.15, 0.2) is 0 Å². The van der Waals surface area contributed by atoms with Gasteiger partial charge in [-0.3, -0.25) is 4.90 Å². The minimum atomic E-state index is 0.285. The molecule has 3 nitrogen and oxygen atoms in total. The third kappa shape index (κ3) is 2.56. The lowest BCUT2D eigenvalue weighted by Gasteiger charge is -2.51. The molecule has 17 heavy (non-hydrogen) atoms. The third-order valence-electron chi connectivity index (χ3n) is 4.72. The van der Waals surface area contributed by atoms with Gasteiger partial charge in [-0.15, -0.1) is 0 Å². The van der Waals surface area contributed by atoms with Crippen LogP contribution in [-0.4, -0.2) is 73.6 Å². The maximum absolute atomic E-state index is 4.30. The van der Waals surface area contributed by atoms with Crippen molar-refractivity contribution in [2.24, 2.45) is 0 Å². The molecule has 0 atom stereocenters. The van der Waals surface area contributed by atoms with Gasteiger partial charge in [0.2, 0.25) is 0 Å². The van der Waals surface area contributed by atoms with E-state index in [1.54, 1.807) is 0 Å². The van der Waals surface area contributed by atoms with Crippen LogP contribution in [0.4, 0.5) is 0 Å². The van der Waals surface area contributed by atoms with Gasteiger partial charge in [-0.05, 0) is 47.0 Å². The average Bonchev–Trinajstić information content (AvgIpc) is 2.31. The fourth-order valence-corrected chi connectivity index (χ4v) is 3.24. The summed E-state index contributed by atoms with van der Waals surface area (Å²) in [6, 6.07) is 0. The van der Waals surface area contributed by atoms with Gasteiger partial charge in [0.1, 0.15) is 0 Å². The molecule has 0 aromatic carbocycles. The van der Waals surface area contributed by atoms with Gasteiger partial charge in [0.05, 0.1) is 0 Å². The predicted molar refractivity (Wildman–Crippen MR) is 73.3 cm³/mol. The zero-order valence-corrected chi connectivity index (χ0v) is 11.7. The van der Waals surface area contributed by atoms with Crippen LogP contribution in [-0.2, 0) is 0 Å². The van der Waals surface area contributed by atoms with Crippen molar-refractivity contribution < 1.29 is 0 Å². The lowest BCUT2D eigenvalue weighted by Crippen LogP contribution is -2.60. The second-order valence-corrected chi connectivity index (χ2v) is 5.91. The van der Waals surface area contributed by atoms with Gasteiger partial charge in [0.25, 0.3) is 0 Å². The van der Waals surface area contributed by atoms with E-state index in [2.05, 4.69) is 42.3 Å². The Hall–Kier alpha value is -0.380. The van der Waals surface area contributed by atoms with Crippen LogP contribution >= 0.6 is 0 Å². The average molecular weight is 237 g/mol. The van der Waals surface area contributed by atoms with E-state index in [-0.39, 0.29) is 5.54 Å². The fourth-order valence-electron chi connectivity index (χ4n) is 3.24. The minimum Gasteiger partial charge on any atom is -0.306 e. The fraction of sp³-hybridized carbons (Fsp3) is 0.857. The summed E-state index contributed by atoms with van der Waals surface area (Å²) in [5, 5.41) is 0. The van der Waals surface area contributed by atoms with E-state index in [4.69, 9.17) is 0 Å². The molecular formula is C14H27N3. The monoisotopic (exact) mass is 237 g/mol. The summed E-state index contributed by atoms with van der Waals surface area (Å²) >= 11 is 0. The van der Waals surface area contributed by atoms with E-state index in [0.717, 1.165) is 0 Å². The van der Waals surface area contributed by atoms with Crippen molar-refractivity contribution in [1.29, 1.82) is 0 Å². The van der Waals surface area contributed by atoms with E-state index in [1.165, 1.54) is 57.7 Å². The van der Waals surface area contributed by atoms with Gasteiger partial charge >= 0.3 is 0 Å². The number of rotatable bonds is 2. The van der Waals surface area contributed by atoms with Gasteiger partial charge in [0, 0.05) is 31.7 Å². The van der Waals surface area contributed by atoms with Crippen LogP contribution in [0, 0.1) is 0 Å². The quantitative estimate of drug-likeness (QED) is 0.670. The first kappa shape index (κ1) is 13.1. The normalized spacial score (nSPS) is 28.2. The van der Waals surface area contributed by atoms with Crippen LogP contribution in [0.3, 0.4) is 0 Å². The zero-order chi connectivity index (χ0) is 12.5. The molecule has 2 heterocycles. The molecule has 0 radical (unpaired) electrons. The number of nitrogens with zero attached hydrogens (tertiary/aromatic N) is 3. The van der Waals surface area contributed by atoms with Crippen molar-refractivity contribution in [2.45, 2.75) is 25.3 Å². The summed E-state index contributed by atoms with van der Waals surface area (Å²) < 4.78 is 0. The van der Waals surface area contributed by atoms with Crippen LogP contribution in [0.1, 0.15) is 19.8 Å². The summed E-state index contributed by atoms with van der Waals surface area (Å²) in [5.74, 6) is 0. The molecule has 0 unspecified atom stereocenters. The van der Waals surface area contributed by atoms with Gasteiger partial charge in [-0.25, -0.2) is 0 Å². The lowest BCUT2D eigenvalue weighted by atomic mass is 9.80. The van der Waals surface area contributed by atoms with Crippen molar-refractivity contribution in [3.8, 4) is 0 Å². The Kier molecular flexibility index (Phi) is 3.91. The van der Waals surface area contributed by atoms with E-state index in [9.17, 15) is 0 Å². The lowest BCUT2D eigenvalue weighted by molar-refractivity contribution is 0.0217. The molecule has 0 aromatic rings. The number of piperazine rings is 1. The van der Waals surface area contributed by atoms with E-state index < -0.39 is 0 Å². The maximum atomic E-state index is 4.30. The smallest absolute Gasteiger partial charge is 0.0440 e. The maximum Gasteiger partial charge on any atom is 0.0440 e. The molecule has 0 saturated carbocycles. The molecule has 3 heteroatoms. The van der Waals surface area contributed by atoms with E-state index >= 15 is 0 Å². The van der Waals surface area contributed by atoms with Crippen LogP contribution < -0.4 is 0 Å². The molecule has 0 bridgehead atoms. The summed E-state index contributed by atoms with van der Waals surface area (Å²) in [6.07, 6.45) is 2.51. The van der Waals surface area contributed by atoms with Crippen molar-refractivity contribution in [2.75, 3.05) is 53.4 Å². The molecule has 2 fully saturated rings. The molecule has 0 aliphatic carbocycles. The van der Waals surface area contributed by atoms with Crippen LogP contribution in [0.25, 0.3) is 0 Å². The van der Waals surface area contributed by atoms with Gasteiger partial charge in [-0.1, -0.05) is 12.2 Å². The number of hydrogen-bond acceptors (Lipinski definition) is 3. The number of hydrogen-bond donors (Lipinski definition) is 0. The van der Waals surface area contributed by atoms with E-state index in [1.807, 2.05) is 0 Å². The van der Waals surface area contributed by atoms with E-state index in [0.29, 0.717) is 0 Å². The first-order valence-corrected chi connectivity index (χ1v) is 6.83. The van der Waals surface area contributed by atoms with Crippen LogP contribution in [0.15, 0.2) is 12.2 Å². The number of likely N-dealkylation sites (tertiary alicyclic amines) is 1. The second-order valence-electron chi connectivity index (χ2n) is 5.91. The van der Waals surface area contributed by atoms with Crippen molar-refractivity contribution >= 4 is 0 Å². The second kappa shape index (κ2) is 5.09. The Morgan fingerprint density at radius 1 is 0.882 bits per heavy atom. The Bertz CT molecular complexity index is 271. The largest absolute Gasteiger partial charge is 0.306 e. The number of piperidine rings is 1. The van der Waals surface area contributed by atoms with Crippen LogP contribution in [0.2, 0.25) is 0 Å². The van der Waals surface area contributed by atoms with Crippen molar-refractivity contribution in [3.05, 3.63) is 12.2 Å². The highest BCUT2D eigenvalue weighted by Gasteiger charge is 2.40. The first-order valence-electron chi connectivity index (χ1n) is 6.83. The minimum absolute atomic E-state index is 0.285. The predicted octanol–water partition coefficient (Wildman–Crippen LogP) is 1.27.